The van der Waals surface area contributed by atoms with Crippen LogP contribution in [0.1, 0.15) is 37.0 Å². The fraction of sp³-hybridized carbons (Fsp3) is 0.421. The zero-order valence-electron chi connectivity index (χ0n) is 14.6. The minimum Gasteiger partial charge on any atom is -0.497 e. The van der Waals surface area contributed by atoms with Crippen molar-refractivity contribution in [2.24, 2.45) is 5.73 Å². The number of rotatable bonds is 10. The molecule has 0 aliphatic heterocycles. The fourth-order valence-corrected chi connectivity index (χ4v) is 3.39. The minimum atomic E-state index is 0. The molecular weight excluding hydrogens is 356 g/mol. The lowest BCUT2D eigenvalue weighted by Crippen LogP contribution is -2.21. The Balaban J connectivity index is 0.00000312. The summed E-state index contributed by atoms with van der Waals surface area (Å²) in [7, 11) is 1.67. The third kappa shape index (κ3) is 7.46. The predicted molar refractivity (Wildman–Crippen MR) is 108 cm³/mol. The number of nitrogens with one attached hydrogen (secondary N) is 1. The summed E-state index contributed by atoms with van der Waals surface area (Å²) in [5.74, 6) is 0.983. The number of thiophene rings is 1. The number of benzene rings is 1. The monoisotopic (exact) mass is 382 g/mol. The summed E-state index contributed by atoms with van der Waals surface area (Å²) in [6, 6.07) is 12.2. The van der Waals surface area contributed by atoms with E-state index in [2.05, 4.69) is 17.4 Å². The first-order chi connectivity index (χ1) is 11.7. The Bertz CT molecular complexity index is 629. The average molecular weight is 383 g/mol. The summed E-state index contributed by atoms with van der Waals surface area (Å²) in [5, 5.41) is 3.00. The fourth-order valence-electron chi connectivity index (χ4n) is 2.44. The molecule has 2 aromatic rings. The largest absolute Gasteiger partial charge is 0.497 e. The second-order valence-corrected chi connectivity index (χ2v) is 6.89. The van der Waals surface area contributed by atoms with E-state index in [1.807, 2.05) is 24.3 Å². The number of carbonyl (C=O) groups excluding carboxylic acids is 1. The van der Waals surface area contributed by atoms with E-state index in [4.69, 9.17) is 10.5 Å². The zero-order chi connectivity index (χ0) is 17.2. The van der Waals surface area contributed by atoms with Crippen LogP contribution in [-0.2, 0) is 11.3 Å². The van der Waals surface area contributed by atoms with Crippen LogP contribution in [0.3, 0.4) is 0 Å². The summed E-state index contributed by atoms with van der Waals surface area (Å²) in [5.41, 5.74) is 6.62. The molecule has 3 N–H and O–H groups in total. The maximum Gasteiger partial charge on any atom is 0.220 e. The van der Waals surface area contributed by atoms with E-state index in [0.29, 0.717) is 13.0 Å². The van der Waals surface area contributed by atoms with Crippen LogP contribution in [0.4, 0.5) is 0 Å². The summed E-state index contributed by atoms with van der Waals surface area (Å²) >= 11 is 1.71. The summed E-state index contributed by atoms with van der Waals surface area (Å²) in [6.45, 7) is 1.34. The highest BCUT2D eigenvalue weighted by atomic mass is 35.5. The Hall–Kier alpha value is -1.56. The van der Waals surface area contributed by atoms with E-state index >= 15 is 0 Å². The highest BCUT2D eigenvalue weighted by Gasteiger charge is 2.05. The predicted octanol–water partition coefficient (Wildman–Crippen LogP) is 4.37. The molecule has 1 amide bonds. The minimum absolute atomic E-state index is 0. The van der Waals surface area contributed by atoms with Gasteiger partial charge in [-0.3, -0.25) is 4.79 Å². The standard InChI is InChI=1S/C19H26N2O2S.ClH/c1-23-16-9-7-15(8-10-16)18-12-11-17(24-18)14-21-19(22)6-4-2-3-5-13-20;/h7-12H,2-6,13-14,20H2,1H3,(H,21,22);1H. The summed E-state index contributed by atoms with van der Waals surface area (Å²) < 4.78 is 5.18. The normalized spacial score (nSPS) is 10.2. The molecule has 4 nitrogen and oxygen atoms in total. The molecule has 25 heavy (non-hydrogen) atoms. The third-order valence-corrected chi connectivity index (χ3v) is 4.99. The van der Waals surface area contributed by atoms with Crippen molar-refractivity contribution in [2.75, 3.05) is 13.7 Å². The third-order valence-electron chi connectivity index (χ3n) is 3.85. The van der Waals surface area contributed by atoms with Gasteiger partial charge in [-0.1, -0.05) is 12.8 Å². The van der Waals surface area contributed by atoms with Crippen molar-refractivity contribution in [1.82, 2.24) is 5.32 Å². The second kappa shape index (κ2) is 11.9. The SMILES string of the molecule is COc1ccc(-c2ccc(CNC(=O)CCCCCCN)s2)cc1.Cl. The van der Waals surface area contributed by atoms with Crippen molar-refractivity contribution in [2.45, 2.75) is 38.6 Å². The number of methoxy groups -OCH3 is 1. The van der Waals surface area contributed by atoms with E-state index in [9.17, 15) is 4.79 Å². The van der Waals surface area contributed by atoms with Gasteiger partial charge in [-0.15, -0.1) is 23.7 Å². The first kappa shape index (κ1) is 21.5. The van der Waals surface area contributed by atoms with Crippen LogP contribution in [0.5, 0.6) is 5.75 Å². The smallest absolute Gasteiger partial charge is 0.220 e. The van der Waals surface area contributed by atoms with Gasteiger partial charge in [-0.05, 0) is 61.3 Å². The summed E-state index contributed by atoms with van der Waals surface area (Å²) in [4.78, 5) is 14.2. The molecule has 1 aromatic carbocycles. The van der Waals surface area contributed by atoms with Crippen LogP contribution >= 0.6 is 23.7 Å². The first-order valence-corrected chi connectivity index (χ1v) is 9.24. The van der Waals surface area contributed by atoms with Crippen molar-refractivity contribution < 1.29 is 9.53 Å². The highest BCUT2D eigenvalue weighted by Crippen LogP contribution is 2.29. The van der Waals surface area contributed by atoms with Gasteiger partial charge in [0.05, 0.1) is 13.7 Å². The van der Waals surface area contributed by atoms with Crippen molar-refractivity contribution in [3.8, 4) is 16.2 Å². The number of hydrogen-bond acceptors (Lipinski definition) is 4. The topological polar surface area (TPSA) is 64.3 Å². The molecule has 0 unspecified atom stereocenters. The highest BCUT2D eigenvalue weighted by molar-refractivity contribution is 7.15. The van der Waals surface area contributed by atoms with Gasteiger partial charge >= 0.3 is 0 Å². The maximum absolute atomic E-state index is 11.9. The Kier molecular flexibility index (Phi) is 10.2. The van der Waals surface area contributed by atoms with Gasteiger partial charge in [-0.25, -0.2) is 0 Å². The number of halogens is 1. The van der Waals surface area contributed by atoms with Gasteiger partial charge in [0.15, 0.2) is 0 Å². The number of carbonyl (C=O) groups is 1. The molecule has 138 valence electrons. The lowest BCUT2D eigenvalue weighted by Gasteiger charge is -2.04. The first-order valence-electron chi connectivity index (χ1n) is 8.43. The van der Waals surface area contributed by atoms with Crippen molar-refractivity contribution in [3.05, 3.63) is 41.3 Å². The molecule has 2 rings (SSSR count). The van der Waals surface area contributed by atoms with E-state index < -0.39 is 0 Å². The zero-order valence-corrected chi connectivity index (χ0v) is 16.3. The lowest BCUT2D eigenvalue weighted by atomic mass is 10.1. The Morgan fingerprint density at radius 3 is 2.48 bits per heavy atom. The van der Waals surface area contributed by atoms with Gasteiger partial charge in [0, 0.05) is 16.2 Å². The molecule has 0 fully saturated rings. The van der Waals surface area contributed by atoms with E-state index in [1.165, 1.54) is 10.4 Å². The Labute approximate surface area is 160 Å². The van der Waals surface area contributed by atoms with E-state index in [0.717, 1.165) is 42.9 Å². The van der Waals surface area contributed by atoms with Crippen LogP contribution in [0.15, 0.2) is 36.4 Å². The maximum atomic E-state index is 11.9. The molecule has 0 spiro atoms. The van der Waals surface area contributed by atoms with E-state index in [1.54, 1.807) is 18.4 Å². The van der Waals surface area contributed by atoms with Crippen LogP contribution in [0, 0.1) is 0 Å². The molecule has 0 aliphatic carbocycles. The van der Waals surface area contributed by atoms with Crippen LogP contribution in [0.2, 0.25) is 0 Å². The molecular formula is C19H27ClN2O2S. The van der Waals surface area contributed by atoms with Crippen molar-refractivity contribution >= 4 is 29.7 Å². The van der Waals surface area contributed by atoms with Gasteiger partial charge in [0.25, 0.3) is 0 Å². The number of amides is 1. The van der Waals surface area contributed by atoms with E-state index in [-0.39, 0.29) is 18.3 Å². The van der Waals surface area contributed by atoms with Crippen molar-refractivity contribution in [1.29, 1.82) is 0 Å². The number of hydrogen-bond donors (Lipinski definition) is 2. The van der Waals surface area contributed by atoms with Crippen LogP contribution < -0.4 is 15.8 Å². The second-order valence-electron chi connectivity index (χ2n) is 5.72. The molecule has 0 saturated carbocycles. The quantitative estimate of drug-likeness (QED) is 0.599. The molecule has 1 heterocycles. The molecule has 0 aliphatic rings. The van der Waals surface area contributed by atoms with Gasteiger partial charge in [-0.2, -0.15) is 0 Å². The molecule has 0 radical (unpaired) electrons. The molecule has 0 bridgehead atoms. The number of nitrogens with two attached hydrogens (primary N) is 1. The number of ether oxygens (including phenoxy) is 1. The van der Waals surface area contributed by atoms with Gasteiger partial charge < -0.3 is 15.8 Å². The summed E-state index contributed by atoms with van der Waals surface area (Å²) in [6.07, 6.45) is 4.77. The average Bonchev–Trinajstić information content (AvgIpc) is 3.09. The van der Waals surface area contributed by atoms with Crippen molar-refractivity contribution in [3.63, 3.8) is 0 Å². The number of unbranched alkanes of at least 4 members (excludes halogenated alkanes) is 3. The Morgan fingerprint density at radius 1 is 1.08 bits per heavy atom. The molecule has 0 atom stereocenters. The van der Waals surface area contributed by atoms with Gasteiger partial charge in [0.2, 0.25) is 5.91 Å². The van der Waals surface area contributed by atoms with Crippen LogP contribution in [-0.4, -0.2) is 19.6 Å². The molecule has 6 heteroatoms. The molecule has 1 aromatic heterocycles. The Morgan fingerprint density at radius 2 is 1.80 bits per heavy atom. The van der Waals surface area contributed by atoms with Crippen LogP contribution in [0.25, 0.3) is 10.4 Å². The molecule has 0 saturated heterocycles. The lowest BCUT2D eigenvalue weighted by molar-refractivity contribution is -0.121. The van der Waals surface area contributed by atoms with Gasteiger partial charge in [0.1, 0.15) is 5.75 Å².